The molecule has 1 N–H and O–H groups in total. The van der Waals surface area contributed by atoms with Crippen molar-refractivity contribution in [3.05, 3.63) is 29.8 Å². The molecule has 0 unspecified atom stereocenters. The van der Waals surface area contributed by atoms with Gasteiger partial charge in [-0.05, 0) is 25.0 Å². The predicted octanol–water partition coefficient (Wildman–Crippen LogP) is 2.38. The molecule has 0 atom stereocenters. The van der Waals surface area contributed by atoms with E-state index in [0.29, 0.717) is 12.6 Å². The molecule has 0 aromatic heterocycles. The van der Waals surface area contributed by atoms with E-state index < -0.39 is 0 Å². The second-order valence-electron chi connectivity index (χ2n) is 8.38. The number of carbonyl (C=O) groups is 2. The van der Waals surface area contributed by atoms with Crippen LogP contribution >= 0.6 is 0 Å². The highest BCUT2D eigenvalue weighted by molar-refractivity contribution is 6.02. The lowest BCUT2D eigenvalue weighted by Gasteiger charge is -2.54. The molecule has 6 nitrogen and oxygen atoms in total. The van der Waals surface area contributed by atoms with Crippen molar-refractivity contribution in [2.75, 3.05) is 39.0 Å². The number of anilines is 1. The molecule has 2 fully saturated rings. The Kier molecular flexibility index (Phi) is 4.84. The Balaban J connectivity index is 1.58. The third-order valence-corrected chi connectivity index (χ3v) is 6.44. The summed E-state index contributed by atoms with van der Waals surface area (Å²) >= 11 is 0. The molecule has 0 radical (unpaired) electrons. The van der Waals surface area contributed by atoms with Crippen LogP contribution in [0.2, 0.25) is 0 Å². The Labute approximate surface area is 161 Å². The smallest absolute Gasteiger partial charge is 0.258 e. The van der Waals surface area contributed by atoms with E-state index in [2.05, 4.69) is 15.1 Å². The molecule has 2 aliphatic heterocycles. The van der Waals surface area contributed by atoms with Crippen LogP contribution in [-0.4, -0.2) is 71.9 Å². The van der Waals surface area contributed by atoms with Crippen molar-refractivity contribution < 1.29 is 9.59 Å². The van der Waals surface area contributed by atoms with Gasteiger partial charge in [-0.25, -0.2) is 0 Å². The largest absolute Gasteiger partial charge is 0.362 e. The SMILES string of the molecule is CN(C)C(=O)CN1CCC2(CC1)Nc1ccccc1C(=O)N2C1CCCC1. The van der Waals surface area contributed by atoms with Crippen LogP contribution in [0.4, 0.5) is 5.69 Å². The second kappa shape index (κ2) is 7.15. The minimum atomic E-state index is -0.321. The fourth-order valence-corrected chi connectivity index (χ4v) is 4.87. The van der Waals surface area contributed by atoms with Gasteiger partial charge >= 0.3 is 0 Å². The maximum absolute atomic E-state index is 13.4. The zero-order chi connectivity index (χ0) is 19.0. The van der Waals surface area contributed by atoms with E-state index in [-0.39, 0.29) is 17.5 Å². The summed E-state index contributed by atoms with van der Waals surface area (Å²) in [5.74, 6) is 0.311. The Bertz CT molecular complexity index is 719. The number of benzene rings is 1. The summed E-state index contributed by atoms with van der Waals surface area (Å²) in [6, 6.07) is 8.21. The van der Waals surface area contributed by atoms with Crippen molar-refractivity contribution in [3.8, 4) is 0 Å². The van der Waals surface area contributed by atoms with Crippen molar-refractivity contribution in [2.24, 2.45) is 0 Å². The number of amides is 2. The summed E-state index contributed by atoms with van der Waals surface area (Å²) in [5, 5.41) is 3.75. The highest BCUT2D eigenvalue weighted by Gasteiger charge is 2.49. The lowest BCUT2D eigenvalue weighted by Crippen LogP contribution is -2.66. The van der Waals surface area contributed by atoms with Gasteiger partial charge in [-0.15, -0.1) is 0 Å². The van der Waals surface area contributed by atoms with Crippen LogP contribution in [0.25, 0.3) is 0 Å². The number of nitrogens with zero attached hydrogens (tertiary/aromatic N) is 3. The first-order chi connectivity index (χ1) is 13.0. The lowest BCUT2D eigenvalue weighted by molar-refractivity contribution is -0.130. The first-order valence-corrected chi connectivity index (χ1v) is 10.1. The molecule has 1 saturated carbocycles. The van der Waals surface area contributed by atoms with Gasteiger partial charge in [-0.1, -0.05) is 25.0 Å². The molecule has 1 aliphatic carbocycles. The lowest BCUT2D eigenvalue weighted by atomic mass is 9.88. The van der Waals surface area contributed by atoms with E-state index >= 15 is 0 Å². The van der Waals surface area contributed by atoms with E-state index in [0.717, 1.165) is 50.0 Å². The molecular weight excluding hydrogens is 340 g/mol. The summed E-state index contributed by atoms with van der Waals surface area (Å²) in [6.45, 7) is 2.10. The van der Waals surface area contributed by atoms with Crippen molar-refractivity contribution in [2.45, 2.75) is 50.2 Å². The number of rotatable bonds is 3. The molecule has 146 valence electrons. The molecule has 2 amide bonds. The predicted molar refractivity (Wildman–Crippen MR) is 106 cm³/mol. The van der Waals surface area contributed by atoms with Gasteiger partial charge in [0.05, 0.1) is 12.1 Å². The number of nitrogens with one attached hydrogen (secondary N) is 1. The van der Waals surface area contributed by atoms with Crippen molar-refractivity contribution in [1.29, 1.82) is 0 Å². The topological polar surface area (TPSA) is 55.9 Å². The quantitative estimate of drug-likeness (QED) is 0.888. The molecule has 27 heavy (non-hydrogen) atoms. The standard InChI is InChI=1S/C21H30N4O2/c1-23(2)19(26)15-24-13-11-21(12-14-24)22-18-10-6-5-9-17(18)20(27)25(21)16-7-3-4-8-16/h5-6,9-10,16,22H,3-4,7-8,11-15H2,1-2H3. The van der Waals surface area contributed by atoms with Gasteiger partial charge in [0.2, 0.25) is 5.91 Å². The van der Waals surface area contributed by atoms with Crippen molar-refractivity contribution >= 4 is 17.5 Å². The van der Waals surface area contributed by atoms with Crippen LogP contribution < -0.4 is 5.32 Å². The van der Waals surface area contributed by atoms with E-state index in [4.69, 9.17) is 0 Å². The highest BCUT2D eigenvalue weighted by atomic mass is 16.2. The molecule has 3 aliphatic rings. The second-order valence-corrected chi connectivity index (χ2v) is 8.38. The van der Waals surface area contributed by atoms with Crippen molar-refractivity contribution in [3.63, 3.8) is 0 Å². The third kappa shape index (κ3) is 3.31. The monoisotopic (exact) mass is 370 g/mol. The summed E-state index contributed by atoms with van der Waals surface area (Å²) in [7, 11) is 3.60. The zero-order valence-corrected chi connectivity index (χ0v) is 16.4. The number of hydrogen-bond acceptors (Lipinski definition) is 4. The van der Waals surface area contributed by atoms with Gasteiger partial charge in [0.25, 0.3) is 5.91 Å². The number of para-hydroxylation sites is 1. The molecule has 6 heteroatoms. The molecule has 1 aromatic rings. The maximum atomic E-state index is 13.4. The maximum Gasteiger partial charge on any atom is 0.258 e. The summed E-state index contributed by atoms with van der Waals surface area (Å²) in [4.78, 5) is 31.5. The fraction of sp³-hybridized carbons (Fsp3) is 0.619. The Morgan fingerprint density at radius 3 is 2.52 bits per heavy atom. The van der Waals surface area contributed by atoms with Gasteiger partial charge in [0, 0.05) is 51.8 Å². The van der Waals surface area contributed by atoms with Crippen LogP contribution in [0.15, 0.2) is 24.3 Å². The van der Waals surface area contributed by atoms with Gasteiger partial charge in [0.1, 0.15) is 5.66 Å². The Morgan fingerprint density at radius 2 is 1.85 bits per heavy atom. The third-order valence-electron chi connectivity index (χ3n) is 6.44. The zero-order valence-electron chi connectivity index (χ0n) is 16.4. The summed E-state index contributed by atoms with van der Waals surface area (Å²) in [6.07, 6.45) is 6.31. The minimum absolute atomic E-state index is 0.136. The van der Waals surface area contributed by atoms with Crippen LogP contribution in [0.3, 0.4) is 0 Å². The van der Waals surface area contributed by atoms with E-state index in [9.17, 15) is 9.59 Å². The highest BCUT2D eigenvalue weighted by Crippen LogP contribution is 2.41. The Morgan fingerprint density at radius 1 is 1.19 bits per heavy atom. The average Bonchev–Trinajstić information content (AvgIpc) is 3.18. The van der Waals surface area contributed by atoms with Crippen molar-refractivity contribution in [1.82, 2.24) is 14.7 Å². The van der Waals surface area contributed by atoms with Crippen LogP contribution in [0.5, 0.6) is 0 Å². The number of fused-ring (bicyclic) bond motifs is 1. The van der Waals surface area contributed by atoms with Gasteiger partial charge < -0.3 is 15.1 Å². The summed E-state index contributed by atoms with van der Waals surface area (Å²) < 4.78 is 0. The van der Waals surface area contributed by atoms with Crippen LogP contribution in [0, 0.1) is 0 Å². The normalized spacial score (nSPS) is 22.6. The molecule has 1 saturated heterocycles. The number of carbonyl (C=O) groups excluding carboxylic acids is 2. The van der Waals surface area contributed by atoms with Crippen LogP contribution in [0.1, 0.15) is 48.9 Å². The first-order valence-electron chi connectivity index (χ1n) is 10.1. The molecule has 4 rings (SSSR count). The van der Waals surface area contributed by atoms with Crippen LogP contribution in [-0.2, 0) is 4.79 Å². The van der Waals surface area contributed by atoms with Gasteiger partial charge in [-0.2, -0.15) is 0 Å². The van der Waals surface area contributed by atoms with E-state index in [1.807, 2.05) is 24.3 Å². The molecule has 2 heterocycles. The number of piperidine rings is 1. The fourth-order valence-electron chi connectivity index (χ4n) is 4.87. The number of hydrogen-bond donors (Lipinski definition) is 1. The van der Waals surface area contributed by atoms with Gasteiger partial charge in [0.15, 0.2) is 0 Å². The Hall–Kier alpha value is -2.08. The molecule has 1 spiro atoms. The number of likely N-dealkylation sites (tertiary alicyclic amines) is 1. The summed E-state index contributed by atoms with van der Waals surface area (Å²) in [5.41, 5.74) is 1.42. The molecular formula is C21H30N4O2. The average molecular weight is 370 g/mol. The minimum Gasteiger partial charge on any atom is -0.362 e. The molecule has 1 aromatic carbocycles. The molecule has 0 bridgehead atoms. The van der Waals surface area contributed by atoms with Gasteiger partial charge in [-0.3, -0.25) is 14.5 Å². The number of likely N-dealkylation sites (N-methyl/N-ethyl adjacent to an activating group) is 1. The van der Waals surface area contributed by atoms with E-state index in [1.165, 1.54) is 12.8 Å². The van der Waals surface area contributed by atoms with E-state index in [1.54, 1.807) is 19.0 Å². The first kappa shape index (κ1) is 18.3.